The maximum absolute atomic E-state index is 12.1. The van der Waals surface area contributed by atoms with Crippen molar-refractivity contribution in [1.29, 1.82) is 0 Å². The SMILES string of the molecule is O=C(CCc1c[nH]c2ccccc12)NCC1CCCCC1C(=O)O. The fraction of sp³-hybridized carbons (Fsp3) is 0.474. The topological polar surface area (TPSA) is 82.2 Å². The van der Waals surface area contributed by atoms with E-state index in [0.29, 0.717) is 19.4 Å². The number of aromatic nitrogens is 1. The third-order valence-electron chi connectivity index (χ3n) is 5.08. The summed E-state index contributed by atoms with van der Waals surface area (Å²) < 4.78 is 0. The molecule has 0 aliphatic heterocycles. The Labute approximate surface area is 141 Å². The summed E-state index contributed by atoms with van der Waals surface area (Å²) in [4.78, 5) is 26.6. The zero-order valence-electron chi connectivity index (χ0n) is 13.8. The van der Waals surface area contributed by atoms with Crippen molar-refractivity contribution in [3.8, 4) is 0 Å². The molecule has 5 heteroatoms. The standard InChI is InChI=1S/C19H24N2O3/c22-18(21-12-13-5-1-2-7-16(13)19(23)24)10-9-14-11-20-17-8-4-3-6-15(14)17/h3-4,6,8,11,13,16,20H,1-2,5,7,9-10,12H2,(H,21,22)(H,23,24). The average molecular weight is 328 g/mol. The van der Waals surface area contributed by atoms with E-state index in [0.717, 1.165) is 42.1 Å². The number of fused-ring (bicyclic) bond motifs is 1. The molecule has 1 aliphatic rings. The van der Waals surface area contributed by atoms with E-state index < -0.39 is 5.97 Å². The lowest BCUT2D eigenvalue weighted by Crippen LogP contribution is -2.37. The smallest absolute Gasteiger partial charge is 0.306 e. The number of H-pyrrole nitrogens is 1. The van der Waals surface area contributed by atoms with Crippen LogP contribution >= 0.6 is 0 Å². The molecule has 1 amide bonds. The second kappa shape index (κ2) is 7.51. The molecule has 0 saturated heterocycles. The summed E-state index contributed by atoms with van der Waals surface area (Å²) in [5.74, 6) is -0.983. The Bertz CT molecular complexity index is 722. The molecule has 1 aliphatic carbocycles. The summed E-state index contributed by atoms with van der Waals surface area (Å²) in [5.41, 5.74) is 2.22. The van der Waals surface area contributed by atoms with Crippen molar-refractivity contribution in [3.05, 3.63) is 36.0 Å². The van der Waals surface area contributed by atoms with Crippen molar-refractivity contribution < 1.29 is 14.7 Å². The number of carbonyl (C=O) groups excluding carboxylic acids is 1. The van der Waals surface area contributed by atoms with E-state index in [1.54, 1.807) is 0 Å². The molecular formula is C19H24N2O3. The summed E-state index contributed by atoms with van der Waals surface area (Å²) in [6.07, 6.45) is 6.71. The van der Waals surface area contributed by atoms with Gasteiger partial charge in [0.1, 0.15) is 0 Å². The van der Waals surface area contributed by atoms with Gasteiger partial charge in [0.15, 0.2) is 0 Å². The van der Waals surface area contributed by atoms with Gasteiger partial charge in [0.25, 0.3) is 0 Å². The molecule has 3 N–H and O–H groups in total. The van der Waals surface area contributed by atoms with Gasteiger partial charge in [-0.25, -0.2) is 0 Å². The quantitative estimate of drug-likeness (QED) is 0.762. The lowest BCUT2D eigenvalue weighted by Gasteiger charge is -2.28. The molecule has 1 aromatic carbocycles. The van der Waals surface area contributed by atoms with Crippen LogP contribution in [0.5, 0.6) is 0 Å². The Morgan fingerprint density at radius 3 is 2.83 bits per heavy atom. The Kier molecular flexibility index (Phi) is 5.18. The van der Waals surface area contributed by atoms with Gasteiger partial charge in [-0.3, -0.25) is 9.59 Å². The number of hydrogen-bond donors (Lipinski definition) is 3. The molecule has 0 spiro atoms. The van der Waals surface area contributed by atoms with Crippen LogP contribution in [0.2, 0.25) is 0 Å². The molecule has 24 heavy (non-hydrogen) atoms. The molecule has 1 aromatic heterocycles. The normalized spacial score (nSPS) is 20.8. The highest BCUT2D eigenvalue weighted by atomic mass is 16.4. The second-order valence-corrected chi connectivity index (χ2v) is 6.65. The van der Waals surface area contributed by atoms with Crippen LogP contribution in [-0.2, 0) is 16.0 Å². The Morgan fingerprint density at radius 1 is 1.21 bits per heavy atom. The molecule has 0 radical (unpaired) electrons. The number of aryl methyl sites for hydroxylation is 1. The van der Waals surface area contributed by atoms with Gasteiger partial charge in [-0.15, -0.1) is 0 Å². The maximum atomic E-state index is 12.1. The van der Waals surface area contributed by atoms with E-state index in [1.165, 1.54) is 0 Å². The van der Waals surface area contributed by atoms with Crippen LogP contribution in [0, 0.1) is 11.8 Å². The lowest BCUT2D eigenvalue weighted by molar-refractivity contribution is -0.145. The number of amides is 1. The summed E-state index contributed by atoms with van der Waals surface area (Å²) >= 11 is 0. The molecular weight excluding hydrogens is 304 g/mol. The second-order valence-electron chi connectivity index (χ2n) is 6.65. The molecule has 0 bridgehead atoms. The predicted molar refractivity (Wildman–Crippen MR) is 92.7 cm³/mol. The van der Waals surface area contributed by atoms with Crippen molar-refractivity contribution in [1.82, 2.24) is 10.3 Å². The minimum absolute atomic E-state index is 0.00464. The van der Waals surface area contributed by atoms with E-state index in [4.69, 9.17) is 0 Å². The number of carboxylic acid groups (broad SMARTS) is 1. The average Bonchev–Trinajstić information content (AvgIpc) is 3.01. The molecule has 1 saturated carbocycles. The van der Waals surface area contributed by atoms with Crippen molar-refractivity contribution in [2.75, 3.05) is 6.54 Å². The molecule has 3 rings (SSSR count). The number of benzene rings is 1. The summed E-state index contributed by atoms with van der Waals surface area (Å²) in [6, 6.07) is 8.06. The minimum Gasteiger partial charge on any atom is -0.481 e. The first-order valence-electron chi connectivity index (χ1n) is 8.69. The van der Waals surface area contributed by atoms with Gasteiger partial charge >= 0.3 is 5.97 Å². The van der Waals surface area contributed by atoms with Crippen LogP contribution in [-0.4, -0.2) is 28.5 Å². The molecule has 128 valence electrons. The zero-order valence-corrected chi connectivity index (χ0v) is 13.8. The van der Waals surface area contributed by atoms with Gasteiger partial charge in [0, 0.05) is 30.1 Å². The number of nitrogens with one attached hydrogen (secondary N) is 2. The summed E-state index contributed by atoms with van der Waals surface area (Å²) in [5, 5.41) is 13.4. The van der Waals surface area contributed by atoms with E-state index >= 15 is 0 Å². The van der Waals surface area contributed by atoms with E-state index in [9.17, 15) is 14.7 Å². The largest absolute Gasteiger partial charge is 0.481 e. The highest BCUT2D eigenvalue weighted by Crippen LogP contribution is 2.29. The van der Waals surface area contributed by atoms with E-state index in [1.807, 2.05) is 24.4 Å². The van der Waals surface area contributed by atoms with Crippen LogP contribution in [0.1, 0.15) is 37.7 Å². The highest BCUT2D eigenvalue weighted by molar-refractivity contribution is 5.84. The maximum Gasteiger partial charge on any atom is 0.306 e. The minimum atomic E-state index is -0.729. The van der Waals surface area contributed by atoms with Crippen LogP contribution in [0.3, 0.4) is 0 Å². The molecule has 2 unspecified atom stereocenters. The monoisotopic (exact) mass is 328 g/mol. The fourth-order valence-corrected chi connectivity index (χ4v) is 3.70. The van der Waals surface area contributed by atoms with Gasteiger partial charge in [0.2, 0.25) is 5.91 Å². The Hall–Kier alpha value is -2.30. The van der Waals surface area contributed by atoms with Gasteiger partial charge in [0.05, 0.1) is 5.92 Å². The number of carbonyl (C=O) groups is 2. The van der Waals surface area contributed by atoms with E-state index in [2.05, 4.69) is 16.4 Å². The van der Waals surface area contributed by atoms with Crippen molar-refractivity contribution in [3.63, 3.8) is 0 Å². The number of carboxylic acids is 1. The first kappa shape index (κ1) is 16.6. The third-order valence-corrected chi connectivity index (χ3v) is 5.08. The van der Waals surface area contributed by atoms with Crippen LogP contribution in [0.15, 0.2) is 30.5 Å². The van der Waals surface area contributed by atoms with E-state index in [-0.39, 0.29) is 17.7 Å². The number of aliphatic carboxylic acids is 1. The summed E-state index contributed by atoms with van der Waals surface area (Å²) in [6.45, 7) is 0.476. The number of para-hydroxylation sites is 1. The van der Waals surface area contributed by atoms with Crippen LogP contribution in [0.4, 0.5) is 0 Å². The highest BCUT2D eigenvalue weighted by Gasteiger charge is 2.30. The summed E-state index contributed by atoms with van der Waals surface area (Å²) in [7, 11) is 0. The first-order valence-corrected chi connectivity index (χ1v) is 8.69. The Balaban J connectivity index is 1.50. The van der Waals surface area contributed by atoms with Crippen LogP contribution < -0.4 is 5.32 Å². The van der Waals surface area contributed by atoms with Crippen molar-refractivity contribution >= 4 is 22.8 Å². The van der Waals surface area contributed by atoms with Gasteiger partial charge < -0.3 is 15.4 Å². The molecule has 1 fully saturated rings. The molecule has 1 heterocycles. The van der Waals surface area contributed by atoms with Gasteiger partial charge in [-0.2, -0.15) is 0 Å². The van der Waals surface area contributed by atoms with Gasteiger partial charge in [-0.05, 0) is 36.8 Å². The molecule has 5 nitrogen and oxygen atoms in total. The zero-order chi connectivity index (χ0) is 16.9. The van der Waals surface area contributed by atoms with Crippen LogP contribution in [0.25, 0.3) is 10.9 Å². The predicted octanol–water partition coefficient (Wildman–Crippen LogP) is 3.11. The molecule has 2 atom stereocenters. The fourth-order valence-electron chi connectivity index (χ4n) is 3.70. The van der Waals surface area contributed by atoms with Crippen molar-refractivity contribution in [2.45, 2.75) is 38.5 Å². The van der Waals surface area contributed by atoms with Crippen molar-refractivity contribution in [2.24, 2.45) is 11.8 Å². The number of aromatic amines is 1. The number of rotatable bonds is 6. The lowest BCUT2D eigenvalue weighted by atomic mass is 9.79. The third kappa shape index (κ3) is 3.78. The van der Waals surface area contributed by atoms with Gasteiger partial charge in [-0.1, -0.05) is 31.0 Å². The first-order chi connectivity index (χ1) is 11.6. The molecule has 2 aromatic rings. The number of hydrogen-bond acceptors (Lipinski definition) is 2. The Morgan fingerprint density at radius 2 is 2.00 bits per heavy atom.